The van der Waals surface area contributed by atoms with E-state index in [4.69, 9.17) is 4.98 Å². The topological polar surface area (TPSA) is 24.3 Å². The zero-order valence-electron chi connectivity index (χ0n) is 31.9. The second-order valence-corrected chi connectivity index (χ2v) is 17.6. The molecule has 0 spiro atoms. The van der Waals surface area contributed by atoms with Crippen molar-refractivity contribution in [2.24, 2.45) is 23.7 Å². The van der Waals surface area contributed by atoms with Crippen molar-refractivity contribution in [3.05, 3.63) is 188 Å². The molecular weight excluding hydrogens is 908 g/mol. The Morgan fingerprint density at radius 1 is 0.586 bits per heavy atom. The summed E-state index contributed by atoms with van der Waals surface area (Å²) < 4.78 is 2.36. The molecule has 6 aromatic carbocycles. The molecule has 4 nitrogen and oxygen atoms in total. The molecule has 0 amide bonds. The number of aromatic nitrogens is 2. The molecule has 0 saturated heterocycles. The van der Waals surface area contributed by atoms with Gasteiger partial charge in [0.15, 0.2) is 0 Å². The van der Waals surface area contributed by atoms with Crippen LogP contribution in [0.2, 0.25) is 0 Å². The van der Waals surface area contributed by atoms with Gasteiger partial charge in [-0.05, 0) is 115 Å². The Bertz CT molecular complexity index is 2770. The average molecular weight is 949 g/mol. The number of fused-ring (bicyclic) bond motifs is 4. The fraction of sp³-hybridized carbons (Fsp3) is 0.192. The van der Waals surface area contributed by atoms with E-state index in [1.165, 1.54) is 54.0 Å². The summed E-state index contributed by atoms with van der Waals surface area (Å²) in [6.45, 7) is 2.17. The summed E-state index contributed by atoms with van der Waals surface area (Å²) in [6, 6.07) is 62.7. The number of pyridine rings is 1. The number of nitrogens with zero attached hydrogens (tertiary/aromatic N) is 4. The number of rotatable bonds is 7. The molecule has 288 valence electrons. The van der Waals surface area contributed by atoms with Gasteiger partial charge in [0.2, 0.25) is 0 Å². The molecule has 0 unspecified atom stereocenters. The minimum atomic E-state index is 0. The molecule has 2 aromatic heterocycles. The van der Waals surface area contributed by atoms with Crippen molar-refractivity contribution in [1.82, 2.24) is 9.55 Å². The predicted molar refractivity (Wildman–Crippen MR) is 233 cm³/mol. The standard InChI is InChI=1S/C52H41N4S.Pt/c1-3-12-37(13-4-1)52(39-27-35-26-36(29-39)30-40(52)28-35)38-24-25-53-51(31-38)56-47-19-8-7-18-45(47)46-23-22-44(33-50(46)56)57-43-17-11-16-42(32-43)55-34-54(41-14-5-2-6-15-41)48-20-9-10-21-49(48)55;/h1-25,31,34-36,39-40H,26-30H2;/q-3;. The van der Waals surface area contributed by atoms with Crippen molar-refractivity contribution in [3.63, 3.8) is 0 Å². The number of para-hydroxylation sites is 4. The first-order valence-corrected chi connectivity index (χ1v) is 21.3. The Labute approximate surface area is 359 Å². The molecule has 4 aliphatic carbocycles. The van der Waals surface area contributed by atoms with Gasteiger partial charge in [0.1, 0.15) is 5.82 Å². The van der Waals surface area contributed by atoms with Crippen LogP contribution in [-0.4, -0.2) is 9.55 Å². The van der Waals surface area contributed by atoms with Crippen molar-refractivity contribution >= 4 is 56.3 Å². The molecule has 3 heterocycles. The summed E-state index contributed by atoms with van der Waals surface area (Å²) in [5.41, 5.74) is 9.57. The van der Waals surface area contributed by atoms with Gasteiger partial charge in [-0.15, -0.1) is 57.5 Å². The molecule has 4 bridgehead atoms. The Morgan fingerprint density at radius 2 is 1.26 bits per heavy atom. The predicted octanol–water partition coefficient (Wildman–Crippen LogP) is 13.1. The van der Waals surface area contributed by atoms with Gasteiger partial charge in [0, 0.05) is 55.3 Å². The molecule has 6 heteroatoms. The van der Waals surface area contributed by atoms with Crippen LogP contribution in [0.15, 0.2) is 168 Å². The second kappa shape index (κ2) is 14.3. The van der Waals surface area contributed by atoms with Crippen LogP contribution in [0.5, 0.6) is 0 Å². The molecule has 8 aromatic rings. The number of benzene rings is 6. The second-order valence-electron chi connectivity index (χ2n) is 16.6. The van der Waals surface area contributed by atoms with Crippen molar-refractivity contribution in [2.75, 3.05) is 9.80 Å². The Hall–Kier alpha value is -5.09. The fourth-order valence-electron chi connectivity index (χ4n) is 11.6. The van der Waals surface area contributed by atoms with Gasteiger partial charge in [0.05, 0.1) is 0 Å². The summed E-state index contributed by atoms with van der Waals surface area (Å²) in [6.07, 6.45) is 8.89. The van der Waals surface area contributed by atoms with Gasteiger partial charge in [-0.3, -0.25) is 0 Å². The van der Waals surface area contributed by atoms with E-state index in [0.29, 0.717) is 11.8 Å². The van der Waals surface area contributed by atoms with Gasteiger partial charge >= 0.3 is 0 Å². The fourth-order valence-corrected chi connectivity index (χ4v) is 12.4. The first-order chi connectivity index (χ1) is 28.2. The van der Waals surface area contributed by atoms with E-state index in [9.17, 15) is 0 Å². The van der Waals surface area contributed by atoms with Gasteiger partial charge in [-0.1, -0.05) is 84.4 Å². The molecule has 5 aliphatic rings. The van der Waals surface area contributed by atoms with Crippen LogP contribution in [0.3, 0.4) is 0 Å². The third-order valence-corrected chi connectivity index (χ3v) is 14.5. The van der Waals surface area contributed by atoms with Crippen molar-refractivity contribution in [2.45, 2.75) is 47.3 Å². The minimum absolute atomic E-state index is 0. The number of anilines is 4. The largest absolute Gasteiger partial charge is 0.493 e. The maximum absolute atomic E-state index is 5.15. The maximum Gasteiger partial charge on any atom is 0.135 e. The van der Waals surface area contributed by atoms with E-state index in [0.717, 1.165) is 61.2 Å². The first-order valence-electron chi connectivity index (χ1n) is 20.5. The molecule has 4 fully saturated rings. The van der Waals surface area contributed by atoms with Crippen LogP contribution in [0.4, 0.5) is 22.7 Å². The van der Waals surface area contributed by atoms with Gasteiger partial charge in [-0.2, -0.15) is 24.3 Å². The summed E-state index contributed by atoms with van der Waals surface area (Å²) in [4.78, 5) is 11.7. The van der Waals surface area contributed by atoms with Crippen LogP contribution in [0, 0.1) is 42.5 Å². The maximum atomic E-state index is 5.15. The third kappa shape index (κ3) is 5.64. The van der Waals surface area contributed by atoms with Crippen molar-refractivity contribution in [1.29, 1.82) is 0 Å². The average Bonchev–Trinajstić information content (AvgIpc) is 3.81. The molecule has 0 atom stereocenters. The molecule has 1 aliphatic heterocycles. The smallest absolute Gasteiger partial charge is 0.135 e. The zero-order valence-corrected chi connectivity index (χ0v) is 35.0. The zero-order chi connectivity index (χ0) is 37.5. The Morgan fingerprint density at radius 3 is 2.03 bits per heavy atom. The van der Waals surface area contributed by atoms with Crippen LogP contribution in [0.1, 0.15) is 43.2 Å². The van der Waals surface area contributed by atoms with Crippen LogP contribution < -0.4 is 9.80 Å². The van der Waals surface area contributed by atoms with E-state index < -0.39 is 0 Å². The number of hydrogen-bond donors (Lipinski definition) is 0. The van der Waals surface area contributed by atoms with Crippen LogP contribution >= 0.6 is 11.8 Å². The third-order valence-electron chi connectivity index (χ3n) is 13.6. The molecule has 0 radical (unpaired) electrons. The first kappa shape index (κ1) is 36.0. The summed E-state index contributed by atoms with van der Waals surface area (Å²) in [7, 11) is 0. The van der Waals surface area contributed by atoms with E-state index >= 15 is 0 Å². The van der Waals surface area contributed by atoms with E-state index in [1.54, 1.807) is 11.8 Å². The van der Waals surface area contributed by atoms with E-state index in [1.807, 2.05) is 0 Å². The quantitative estimate of drug-likeness (QED) is 0.149. The van der Waals surface area contributed by atoms with Crippen molar-refractivity contribution < 1.29 is 21.1 Å². The van der Waals surface area contributed by atoms with Gasteiger partial charge in [-0.25, -0.2) is 4.98 Å². The van der Waals surface area contributed by atoms with Crippen molar-refractivity contribution in [3.8, 4) is 5.82 Å². The van der Waals surface area contributed by atoms with E-state index in [2.05, 4.69) is 191 Å². The summed E-state index contributed by atoms with van der Waals surface area (Å²) in [5.74, 6) is 4.08. The minimum Gasteiger partial charge on any atom is -0.493 e. The van der Waals surface area contributed by atoms with Gasteiger partial charge in [0.25, 0.3) is 0 Å². The summed E-state index contributed by atoms with van der Waals surface area (Å²) in [5, 5.41) is 2.41. The molecular formula is C52H41N4PtS-3. The summed E-state index contributed by atoms with van der Waals surface area (Å²) >= 11 is 1.71. The number of hydrogen-bond acceptors (Lipinski definition) is 4. The molecule has 4 saturated carbocycles. The van der Waals surface area contributed by atoms with Crippen LogP contribution in [0.25, 0.3) is 27.6 Å². The molecule has 58 heavy (non-hydrogen) atoms. The Kier molecular flexibility index (Phi) is 8.90. The molecule has 0 N–H and O–H groups in total. The SMILES string of the molecule is [Pt].[c-]1c(Sc2[c-]c3c(cc2)c2ccccc2n3-c2cc(C3(c4ccccc4)C4CC5CC(C4)CC3C5)ccn2)cccc1N1[CH-]N(c2ccccc2)c2ccccc21. The Balaban J connectivity index is 0.00000385. The molecule has 13 rings (SSSR count). The monoisotopic (exact) mass is 948 g/mol. The normalized spacial score (nSPS) is 23.0. The van der Waals surface area contributed by atoms with Gasteiger partial charge < -0.3 is 14.4 Å². The van der Waals surface area contributed by atoms with Crippen LogP contribution in [-0.2, 0) is 26.5 Å². The van der Waals surface area contributed by atoms with E-state index in [-0.39, 0.29) is 26.5 Å².